The van der Waals surface area contributed by atoms with E-state index in [1.807, 2.05) is 14.0 Å². The molecule has 4 N–H and O–H groups in total. The van der Waals surface area contributed by atoms with E-state index in [0.29, 0.717) is 6.54 Å². The maximum absolute atomic E-state index is 9.72. The lowest BCUT2D eigenvalue weighted by molar-refractivity contribution is 0.254. The number of phenols is 2. The molecule has 1 aromatic carbocycles. The van der Waals surface area contributed by atoms with Crippen molar-refractivity contribution in [1.29, 1.82) is 0 Å². The Bertz CT molecular complexity index is 342. The van der Waals surface area contributed by atoms with Crippen LogP contribution >= 0.6 is 0 Å². The van der Waals surface area contributed by atoms with E-state index < -0.39 is 0 Å². The van der Waals surface area contributed by atoms with Gasteiger partial charge in [-0.15, -0.1) is 0 Å². The van der Waals surface area contributed by atoms with Crippen LogP contribution in [-0.2, 0) is 0 Å². The van der Waals surface area contributed by atoms with Gasteiger partial charge in [0.1, 0.15) is 11.5 Å². The molecule has 1 aromatic rings. The van der Waals surface area contributed by atoms with Crippen LogP contribution in [0.4, 0.5) is 0 Å². The highest BCUT2D eigenvalue weighted by atomic mass is 16.3. The van der Waals surface area contributed by atoms with Crippen molar-refractivity contribution in [2.75, 3.05) is 20.1 Å². The van der Waals surface area contributed by atoms with Crippen LogP contribution in [0.1, 0.15) is 24.9 Å². The second kappa shape index (κ2) is 5.72. The summed E-state index contributed by atoms with van der Waals surface area (Å²) in [4.78, 5) is 2.12. The van der Waals surface area contributed by atoms with Gasteiger partial charge < -0.3 is 15.9 Å². The Kier molecular flexibility index (Phi) is 4.58. The van der Waals surface area contributed by atoms with E-state index >= 15 is 0 Å². The number of rotatable bonds is 5. The molecule has 4 nitrogen and oxygen atoms in total. The first kappa shape index (κ1) is 12.8. The van der Waals surface area contributed by atoms with E-state index in [1.54, 1.807) is 12.1 Å². The van der Waals surface area contributed by atoms with Crippen LogP contribution in [0.3, 0.4) is 0 Å². The van der Waals surface area contributed by atoms with Crippen molar-refractivity contribution >= 4 is 0 Å². The molecule has 0 spiro atoms. The standard InChI is InChI=1S/C12H20N2O2/c1-9(14(2)7-3-6-13)11-5-4-10(15)8-12(11)16/h4-5,8-9,15-16H,3,6-7,13H2,1-2H3. The molecule has 1 unspecified atom stereocenters. The average Bonchev–Trinajstić information content (AvgIpc) is 2.25. The lowest BCUT2D eigenvalue weighted by atomic mass is 10.1. The minimum absolute atomic E-state index is 0.0815. The van der Waals surface area contributed by atoms with E-state index in [0.717, 1.165) is 18.5 Å². The summed E-state index contributed by atoms with van der Waals surface area (Å²) in [6, 6.07) is 4.80. The lowest BCUT2D eigenvalue weighted by Crippen LogP contribution is -2.25. The molecule has 16 heavy (non-hydrogen) atoms. The van der Waals surface area contributed by atoms with Gasteiger partial charge in [0, 0.05) is 17.7 Å². The molecule has 0 radical (unpaired) electrons. The molecule has 0 amide bonds. The van der Waals surface area contributed by atoms with Gasteiger partial charge in [0.25, 0.3) is 0 Å². The molecule has 0 aliphatic heterocycles. The number of phenolic OH excluding ortho intramolecular Hbond substituents is 2. The highest BCUT2D eigenvalue weighted by Crippen LogP contribution is 2.30. The summed E-state index contributed by atoms with van der Waals surface area (Å²) in [5.74, 6) is 0.213. The number of aromatic hydroxyl groups is 2. The number of hydrogen-bond acceptors (Lipinski definition) is 4. The molecular weight excluding hydrogens is 204 g/mol. The number of benzene rings is 1. The monoisotopic (exact) mass is 224 g/mol. The molecule has 4 heteroatoms. The van der Waals surface area contributed by atoms with Crippen LogP contribution in [0, 0.1) is 0 Å². The fraction of sp³-hybridized carbons (Fsp3) is 0.500. The number of nitrogens with zero attached hydrogens (tertiary/aromatic N) is 1. The van der Waals surface area contributed by atoms with Crippen molar-refractivity contribution in [1.82, 2.24) is 4.90 Å². The van der Waals surface area contributed by atoms with Gasteiger partial charge in [0.05, 0.1) is 0 Å². The predicted molar refractivity (Wildman–Crippen MR) is 64.5 cm³/mol. The summed E-state index contributed by atoms with van der Waals surface area (Å²) >= 11 is 0. The summed E-state index contributed by atoms with van der Waals surface area (Å²) in [6.45, 7) is 3.57. The molecule has 0 aromatic heterocycles. The van der Waals surface area contributed by atoms with Crippen molar-refractivity contribution in [2.45, 2.75) is 19.4 Å². The maximum atomic E-state index is 9.72. The Hall–Kier alpha value is -1.26. The summed E-state index contributed by atoms with van der Waals surface area (Å²) in [7, 11) is 1.99. The van der Waals surface area contributed by atoms with Crippen LogP contribution in [0.15, 0.2) is 18.2 Å². The zero-order valence-corrected chi connectivity index (χ0v) is 9.85. The van der Waals surface area contributed by atoms with Crippen molar-refractivity contribution in [2.24, 2.45) is 5.73 Å². The minimum Gasteiger partial charge on any atom is -0.508 e. The molecule has 90 valence electrons. The minimum atomic E-state index is 0.0815. The summed E-state index contributed by atoms with van der Waals surface area (Å²) < 4.78 is 0. The van der Waals surface area contributed by atoms with Crippen LogP contribution in [0.25, 0.3) is 0 Å². The maximum Gasteiger partial charge on any atom is 0.124 e. The van der Waals surface area contributed by atoms with E-state index in [2.05, 4.69) is 4.90 Å². The van der Waals surface area contributed by atoms with Gasteiger partial charge in [-0.3, -0.25) is 4.90 Å². The molecule has 0 aliphatic carbocycles. The largest absolute Gasteiger partial charge is 0.508 e. The first-order chi connectivity index (χ1) is 7.56. The number of nitrogens with two attached hydrogens (primary N) is 1. The van der Waals surface area contributed by atoms with Crippen LogP contribution in [0.2, 0.25) is 0 Å². The van der Waals surface area contributed by atoms with Gasteiger partial charge in [-0.1, -0.05) is 6.07 Å². The molecule has 0 heterocycles. The van der Waals surface area contributed by atoms with Gasteiger partial charge in [-0.05, 0) is 39.5 Å². The highest BCUT2D eigenvalue weighted by Gasteiger charge is 2.14. The Morgan fingerprint density at radius 1 is 1.38 bits per heavy atom. The van der Waals surface area contributed by atoms with Crippen molar-refractivity contribution in [3.63, 3.8) is 0 Å². The second-order valence-corrected chi connectivity index (χ2v) is 4.04. The van der Waals surface area contributed by atoms with Crippen molar-refractivity contribution in [3.8, 4) is 11.5 Å². The summed E-state index contributed by atoms with van der Waals surface area (Å²) in [5, 5.41) is 18.9. The Morgan fingerprint density at radius 2 is 2.06 bits per heavy atom. The predicted octanol–water partition coefficient (Wildman–Crippen LogP) is 1.44. The highest BCUT2D eigenvalue weighted by molar-refractivity contribution is 5.40. The van der Waals surface area contributed by atoms with Crippen LogP contribution in [0.5, 0.6) is 11.5 Å². The van der Waals surface area contributed by atoms with E-state index in [4.69, 9.17) is 5.73 Å². The van der Waals surface area contributed by atoms with Crippen molar-refractivity contribution in [3.05, 3.63) is 23.8 Å². The first-order valence-corrected chi connectivity index (χ1v) is 5.48. The zero-order chi connectivity index (χ0) is 12.1. The first-order valence-electron chi connectivity index (χ1n) is 5.48. The van der Waals surface area contributed by atoms with E-state index in [1.165, 1.54) is 6.07 Å². The Morgan fingerprint density at radius 3 is 2.62 bits per heavy atom. The van der Waals surface area contributed by atoms with E-state index in [-0.39, 0.29) is 17.5 Å². The molecule has 1 atom stereocenters. The molecule has 1 rings (SSSR count). The normalized spacial score (nSPS) is 13.0. The van der Waals surface area contributed by atoms with Gasteiger partial charge in [-0.25, -0.2) is 0 Å². The fourth-order valence-corrected chi connectivity index (χ4v) is 1.66. The SMILES string of the molecule is CC(c1ccc(O)cc1O)N(C)CCCN. The molecule has 0 saturated carbocycles. The second-order valence-electron chi connectivity index (χ2n) is 4.04. The van der Waals surface area contributed by atoms with Crippen LogP contribution in [-0.4, -0.2) is 35.3 Å². The summed E-state index contributed by atoms with van der Waals surface area (Å²) in [5.41, 5.74) is 6.27. The molecular formula is C12H20N2O2. The fourth-order valence-electron chi connectivity index (χ4n) is 1.66. The third kappa shape index (κ3) is 3.12. The molecule has 0 aliphatic rings. The van der Waals surface area contributed by atoms with E-state index in [9.17, 15) is 10.2 Å². The zero-order valence-electron chi connectivity index (χ0n) is 9.85. The molecule has 0 bridgehead atoms. The summed E-state index contributed by atoms with van der Waals surface area (Å²) in [6.07, 6.45) is 0.930. The Labute approximate surface area is 96.3 Å². The smallest absolute Gasteiger partial charge is 0.124 e. The Balaban J connectivity index is 2.75. The van der Waals surface area contributed by atoms with Crippen LogP contribution < -0.4 is 5.73 Å². The topological polar surface area (TPSA) is 69.7 Å². The third-order valence-electron chi connectivity index (χ3n) is 2.84. The van der Waals surface area contributed by atoms with Gasteiger partial charge in [0.2, 0.25) is 0 Å². The molecule has 0 fully saturated rings. The quantitative estimate of drug-likeness (QED) is 0.708. The lowest BCUT2D eigenvalue weighted by Gasteiger charge is -2.25. The number of hydrogen-bond donors (Lipinski definition) is 3. The van der Waals surface area contributed by atoms with Crippen molar-refractivity contribution < 1.29 is 10.2 Å². The van der Waals surface area contributed by atoms with Gasteiger partial charge in [-0.2, -0.15) is 0 Å². The van der Waals surface area contributed by atoms with Gasteiger partial charge >= 0.3 is 0 Å². The molecule has 0 saturated heterocycles. The average molecular weight is 224 g/mol. The third-order valence-corrected chi connectivity index (χ3v) is 2.84. The van der Waals surface area contributed by atoms with Gasteiger partial charge in [0.15, 0.2) is 0 Å².